The number of carbonyl (C=O) groups is 1. The topological polar surface area (TPSA) is 55.1 Å². The molecule has 3 N–H and O–H groups in total. The Bertz CT molecular complexity index is 666. The Morgan fingerprint density at radius 3 is 2.56 bits per heavy atom. The third-order valence-corrected chi connectivity index (χ3v) is 7.97. The minimum absolute atomic E-state index is 0.0850. The van der Waals surface area contributed by atoms with E-state index in [4.69, 9.17) is 5.73 Å². The SMILES string of the molecule is NC1CCC(NC(=O)C23CC4CC2CC(c2ccccc2)(C4)C3)CC1. The van der Waals surface area contributed by atoms with E-state index in [0.717, 1.165) is 44.4 Å². The number of hydrogen-bond donors (Lipinski definition) is 2. The third kappa shape index (κ3) is 2.38. The summed E-state index contributed by atoms with van der Waals surface area (Å²) in [4.78, 5) is 13.4. The smallest absolute Gasteiger partial charge is 0.226 e. The van der Waals surface area contributed by atoms with Crippen molar-refractivity contribution in [2.75, 3.05) is 0 Å². The van der Waals surface area contributed by atoms with Gasteiger partial charge in [-0.2, -0.15) is 0 Å². The lowest BCUT2D eigenvalue weighted by molar-refractivity contribution is -0.134. The molecule has 3 heteroatoms. The van der Waals surface area contributed by atoms with E-state index >= 15 is 0 Å². The molecule has 0 saturated heterocycles. The first-order valence-corrected chi connectivity index (χ1v) is 10.2. The van der Waals surface area contributed by atoms with Gasteiger partial charge in [0.25, 0.3) is 0 Å². The van der Waals surface area contributed by atoms with Crippen molar-refractivity contribution in [3.63, 3.8) is 0 Å². The van der Waals surface area contributed by atoms with E-state index in [9.17, 15) is 4.79 Å². The number of amides is 1. The molecule has 0 aromatic heterocycles. The van der Waals surface area contributed by atoms with E-state index in [1.54, 1.807) is 0 Å². The molecule has 134 valence electrons. The van der Waals surface area contributed by atoms with Crippen LogP contribution in [0.15, 0.2) is 30.3 Å². The van der Waals surface area contributed by atoms with Crippen molar-refractivity contribution >= 4 is 5.91 Å². The first kappa shape index (κ1) is 15.9. The van der Waals surface area contributed by atoms with Crippen LogP contribution < -0.4 is 11.1 Å². The Labute approximate surface area is 150 Å². The third-order valence-electron chi connectivity index (χ3n) is 7.97. The first-order valence-electron chi connectivity index (χ1n) is 10.2. The number of benzene rings is 1. The lowest BCUT2D eigenvalue weighted by Crippen LogP contribution is -2.49. The second kappa shape index (κ2) is 5.57. The fourth-order valence-electron chi connectivity index (χ4n) is 6.98. The molecule has 6 rings (SSSR count). The zero-order valence-electron chi connectivity index (χ0n) is 15.0. The van der Waals surface area contributed by atoms with Crippen LogP contribution in [0.1, 0.15) is 63.4 Å². The van der Waals surface area contributed by atoms with Gasteiger partial charge in [0.05, 0.1) is 5.41 Å². The van der Waals surface area contributed by atoms with Crippen molar-refractivity contribution in [3.8, 4) is 0 Å². The molecule has 4 unspecified atom stereocenters. The summed E-state index contributed by atoms with van der Waals surface area (Å²) >= 11 is 0. The van der Waals surface area contributed by atoms with Gasteiger partial charge in [-0.05, 0) is 80.6 Å². The van der Waals surface area contributed by atoms with E-state index < -0.39 is 0 Å². The molecule has 0 aliphatic heterocycles. The maximum Gasteiger partial charge on any atom is 0.226 e. The Kier molecular flexibility index (Phi) is 3.54. The summed E-state index contributed by atoms with van der Waals surface area (Å²) in [7, 11) is 0. The Balaban J connectivity index is 1.38. The molecule has 1 amide bonds. The Morgan fingerprint density at radius 2 is 1.80 bits per heavy atom. The van der Waals surface area contributed by atoms with Crippen molar-refractivity contribution in [2.24, 2.45) is 23.0 Å². The van der Waals surface area contributed by atoms with Crippen LogP contribution in [0.4, 0.5) is 0 Å². The van der Waals surface area contributed by atoms with Gasteiger partial charge >= 0.3 is 0 Å². The number of rotatable bonds is 3. The van der Waals surface area contributed by atoms with Gasteiger partial charge in [-0.1, -0.05) is 30.3 Å². The van der Waals surface area contributed by atoms with Crippen molar-refractivity contribution in [2.45, 2.75) is 75.3 Å². The van der Waals surface area contributed by atoms with E-state index in [1.165, 1.54) is 24.8 Å². The number of hydrogen-bond acceptors (Lipinski definition) is 2. The molecule has 4 atom stereocenters. The lowest BCUT2D eigenvalue weighted by atomic mass is 9.63. The van der Waals surface area contributed by atoms with Crippen LogP contribution >= 0.6 is 0 Å². The second-order valence-corrected chi connectivity index (χ2v) is 9.48. The summed E-state index contributed by atoms with van der Waals surface area (Å²) in [6.07, 6.45) is 10.2. The van der Waals surface area contributed by atoms with Crippen LogP contribution in [-0.2, 0) is 10.2 Å². The normalized spacial score (nSPS) is 44.8. The molecular weight excluding hydrogens is 308 g/mol. The lowest BCUT2D eigenvalue weighted by Gasteiger charge is -2.41. The summed E-state index contributed by atoms with van der Waals surface area (Å²) in [5.74, 6) is 1.72. The molecular formula is C22H30N2O. The predicted octanol–water partition coefficient (Wildman–Crippen LogP) is 3.52. The van der Waals surface area contributed by atoms with E-state index in [2.05, 4.69) is 35.6 Å². The molecule has 4 bridgehead atoms. The van der Waals surface area contributed by atoms with Gasteiger partial charge in [0.2, 0.25) is 5.91 Å². The fraction of sp³-hybridized carbons (Fsp3) is 0.682. The Morgan fingerprint density at radius 1 is 1.04 bits per heavy atom. The van der Waals surface area contributed by atoms with Crippen LogP contribution in [0, 0.1) is 17.3 Å². The second-order valence-electron chi connectivity index (χ2n) is 9.48. The van der Waals surface area contributed by atoms with Gasteiger partial charge in [0.1, 0.15) is 0 Å². The quantitative estimate of drug-likeness (QED) is 0.886. The fourth-order valence-corrected chi connectivity index (χ4v) is 6.98. The summed E-state index contributed by atoms with van der Waals surface area (Å²) in [6, 6.07) is 11.7. The highest BCUT2D eigenvalue weighted by Crippen LogP contribution is 2.70. The molecule has 3 nitrogen and oxygen atoms in total. The molecule has 5 aliphatic rings. The highest BCUT2D eigenvalue weighted by Gasteiger charge is 2.67. The maximum absolute atomic E-state index is 13.4. The van der Waals surface area contributed by atoms with Gasteiger partial charge in [-0.15, -0.1) is 0 Å². The average Bonchev–Trinajstić information content (AvgIpc) is 3.02. The Hall–Kier alpha value is -1.35. The molecule has 5 saturated carbocycles. The van der Waals surface area contributed by atoms with Gasteiger partial charge in [-0.25, -0.2) is 0 Å². The highest BCUT2D eigenvalue weighted by atomic mass is 16.2. The van der Waals surface area contributed by atoms with Crippen molar-refractivity contribution < 1.29 is 4.79 Å². The standard InChI is InChI=1S/C22H30N2O/c23-18-6-8-19(9-7-18)24-20(25)22-12-15-10-17(22)13-21(11-15,14-22)16-4-2-1-3-5-16/h1-5,15,17-19H,6-14,23H2,(H,24,25). The summed E-state index contributed by atoms with van der Waals surface area (Å²) in [5, 5.41) is 3.46. The minimum Gasteiger partial charge on any atom is -0.353 e. The number of carbonyl (C=O) groups excluding carboxylic acids is 1. The van der Waals surface area contributed by atoms with E-state index in [-0.39, 0.29) is 10.8 Å². The first-order chi connectivity index (χ1) is 12.1. The van der Waals surface area contributed by atoms with Crippen molar-refractivity contribution in [1.29, 1.82) is 0 Å². The average molecular weight is 338 g/mol. The zero-order valence-corrected chi connectivity index (χ0v) is 15.0. The van der Waals surface area contributed by atoms with Crippen LogP contribution in [0.5, 0.6) is 0 Å². The zero-order chi connectivity index (χ0) is 17.1. The summed E-state index contributed by atoms with van der Waals surface area (Å²) < 4.78 is 0. The van der Waals surface area contributed by atoms with Crippen LogP contribution in [0.2, 0.25) is 0 Å². The molecule has 0 spiro atoms. The summed E-state index contributed by atoms with van der Waals surface area (Å²) in [5.41, 5.74) is 7.68. The van der Waals surface area contributed by atoms with E-state index in [0.29, 0.717) is 23.9 Å². The van der Waals surface area contributed by atoms with Gasteiger partial charge in [-0.3, -0.25) is 4.79 Å². The molecule has 5 fully saturated rings. The monoisotopic (exact) mass is 338 g/mol. The van der Waals surface area contributed by atoms with Crippen molar-refractivity contribution in [3.05, 3.63) is 35.9 Å². The highest BCUT2D eigenvalue weighted by molar-refractivity contribution is 5.85. The molecule has 25 heavy (non-hydrogen) atoms. The summed E-state index contributed by atoms with van der Waals surface area (Å²) in [6.45, 7) is 0. The maximum atomic E-state index is 13.4. The largest absolute Gasteiger partial charge is 0.353 e. The number of nitrogens with two attached hydrogens (primary N) is 1. The van der Waals surface area contributed by atoms with Crippen molar-refractivity contribution in [1.82, 2.24) is 5.32 Å². The molecule has 0 heterocycles. The predicted molar refractivity (Wildman–Crippen MR) is 99.0 cm³/mol. The van der Waals surface area contributed by atoms with Crippen LogP contribution in [-0.4, -0.2) is 18.0 Å². The van der Waals surface area contributed by atoms with Gasteiger partial charge in [0.15, 0.2) is 0 Å². The minimum atomic E-state index is -0.0850. The molecule has 5 aliphatic carbocycles. The van der Waals surface area contributed by atoms with E-state index in [1.807, 2.05) is 0 Å². The van der Waals surface area contributed by atoms with Gasteiger partial charge in [0, 0.05) is 12.1 Å². The molecule has 0 radical (unpaired) electrons. The van der Waals surface area contributed by atoms with Crippen LogP contribution in [0.3, 0.4) is 0 Å². The van der Waals surface area contributed by atoms with Crippen LogP contribution in [0.25, 0.3) is 0 Å². The van der Waals surface area contributed by atoms with Gasteiger partial charge < -0.3 is 11.1 Å². The molecule has 1 aromatic carbocycles. The number of nitrogens with one attached hydrogen (secondary N) is 1. The molecule has 1 aromatic rings.